The van der Waals surface area contributed by atoms with Gasteiger partial charge >= 0.3 is 5.97 Å². The maximum Gasteiger partial charge on any atom is 0.304 e. The molecule has 2 aromatic carbocycles. The minimum absolute atomic E-state index is 0.0410. The zero-order chi connectivity index (χ0) is 22.0. The molecule has 4 nitrogen and oxygen atoms in total. The number of nitrogens with zero attached hydrogens (tertiary/aromatic N) is 1. The third-order valence-electron chi connectivity index (χ3n) is 6.57. The molecule has 164 valence electrons. The van der Waals surface area contributed by atoms with Crippen molar-refractivity contribution >= 4 is 41.3 Å². The summed E-state index contributed by atoms with van der Waals surface area (Å²) >= 11 is 12.9. The number of benzene rings is 2. The summed E-state index contributed by atoms with van der Waals surface area (Å²) in [5.41, 5.74) is 4.28. The Bertz CT molecular complexity index is 1010. The van der Waals surface area contributed by atoms with Crippen LogP contribution < -0.4 is 4.74 Å². The van der Waals surface area contributed by atoms with Crippen molar-refractivity contribution in [3.8, 4) is 5.75 Å². The van der Waals surface area contributed by atoms with Crippen LogP contribution in [0.2, 0.25) is 10.0 Å². The number of halogens is 2. The van der Waals surface area contributed by atoms with Crippen molar-refractivity contribution in [2.45, 2.75) is 38.0 Å². The number of carboxylic acids is 1. The van der Waals surface area contributed by atoms with Crippen molar-refractivity contribution in [1.82, 2.24) is 4.90 Å². The van der Waals surface area contributed by atoms with E-state index in [9.17, 15) is 4.79 Å². The molecule has 31 heavy (non-hydrogen) atoms. The molecule has 0 atom stereocenters. The van der Waals surface area contributed by atoms with Crippen LogP contribution in [0.25, 0.3) is 12.2 Å². The fourth-order valence-electron chi connectivity index (χ4n) is 4.59. The van der Waals surface area contributed by atoms with Gasteiger partial charge in [-0.3, -0.25) is 4.79 Å². The highest BCUT2D eigenvalue weighted by Gasteiger charge is 2.42. The van der Waals surface area contributed by atoms with E-state index in [2.05, 4.69) is 30.0 Å². The maximum absolute atomic E-state index is 10.8. The van der Waals surface area contributed by atoms with Gasteiger partial charge in [0.1, 0.15) is 5.75 Å². The predicted molar refractivity (Wildman–Crippen MR) is 126 cm³/mol. The van der Waals surface area contributed by atoms with Crippen LogP contribution in [-0.4, -0.2) is 42.2 Å². The van der Waals surface area contributed by atoms with Crippen LogP contribution in [0.5, 0.6) is 5.75 Å². The molecule has 1 fully saturated rings. The number of hydrogen-bond donors (Lipinski definition) is 1. The lowest BCUT2D eigenvalue weighted by molar-refractivity contribution is -0.137. The van der Waals surface area contributed by atoms with Crippen LogP contribution in [0, 0.1) is 0 Å². The molecular weight excluding hydrogens is 433 g/mol. The molecule has 2 aromatic rings. The zero-order valence-electron chi connectivity index (χ0n) is 17.7. The van der Waals surface area contributed by atoms with Crippen molar-refractivity contribution in [1.29, 1.82) is 0 Å². The quantitative estimate of drug-likeness (QED) is 0.543. The number of carboxylic acid groups (broad SMARTS) is 1. The average Bonchev–Trinajstić information content (AvgIpc) is 3.11. The summed E-state index contributed by atoms with van der Waals surface area (Å²) in [6, 6.07) is 10.2. The molecule has 2 heterocycles. The second-order valence-corrected chi connectivity index (χ2v) is 9.22. The van der Waals surface area contributed by atoms with E-state index in [1.54, 1.807) is 0 Å². The van der Waals surface area contributed by atoms with E-state index in [4.69, 9.17) is 33.0 Å². The van der Waals surface area contributed by atoms with E-state index in [-0.39, 0.29) is 11.8 Å². The summed E-state index contributed by atoms with van der Waals surface area (Å²) in [4.78, 5) is 13.1. The first-order chi connectivity index (χ1) is 14.9. The molecule has 0 amide bonds. The Balaban J connectivity index is 1.49. The first-order valence-electron chi connectivity index (χ1n) is 10.8. The summed E-state index contributed by atoms with van der Waals surface area (Å²) in [6.07, 6.45) is 7.03. The van der Waals surface area contributed by atoms with Gasteiger partial charge in [-0.15, -0.1) is 0 Å². The number of likely N-dealkylation sites (tertiary alicyclic amines) is 1. The number of hydrogen-bond acceptors (Lipinski definition) is 3. The average molecular weight is 460 g/mol. The number of carbonyl (C=O) groups is 1. The second kappa shape index (κ2) is 9.23. The van der Waals surface area contributed by atoms with Crippen molar-refractivity contribution in [3.05, 3.63) is 62.6 Å². The van der Waals surface area contributed by atoms with Crippen LogP contribution in [0.1, 0.15) is 48.4 Å². The molecule has 2 aliphatic heterocycles. The van der Waals surface area contributed by atoms with E-state index in [1.165, 1.54) is 5.56 Å². The summed E-state index contributed by atoms with van der Waals surface area (Å²) in [5.74, 6) is 0.208. The Kier molecular flexibility index (Phi) is 6.61. The van der Waals surface area contributed by atoms with Gasteiger partial charge in [0, 0.05) is 28.1 Å². The van der Waals surface area contributed by atoms with Crippen LogP contribution in [0.4, 0.5) is 0 Å². The molecular formula is C25H27Cl2NO3. The van der Waals surface area contributed by atoms with E-state index in [1.807, 2.05) is 24.3 Å². The van der Waals surface area contributed by atoms with Crippen molar-refractivity contribution in [2.75, 3.05) is 26.2 Å². The third-order valence-corrected chi connectivity index (χ3v) is 7.34. The Morgan fingerprint density at radius 2 is 1.97 bits per heavy atom. The van der Waals surface area contributed by atoms with Gasteiger partial charge in [-0.2, -0.15) is 0 Å². The van der Waals surface area contributed by atoms with Gasteiger partial charge in [0.05, 0.1) is 18.1 Å². The largest absolute Gasteiger partial charge is 0.492 e. The number of aryl methyl sites for hydroxylation is 1. The highest BCUT2D eigenvalue weighted by molar-refractivity contribution is 6.37. The Morgan fingerprint density at radius 3 is 2.68 bits per heavy atom. The fraction of sp³-hybridized carbons (Fsp3) is 0.400. The van der Waals surface area contributed by atoms with Crippen LogP contribution in [0.3, 0.4) is 0 Å². The lowest BCUT2D eigenvalue weighted by atomic mass is 9.74. The van der Waals surface area contributed by atoms with Crippen molar-refractivity contribution in [3.63, 3.8) is 0 Å². The van der Waals surface area contributed by atoms with Crippen molar-refractivity contribution < 1.29 is 14.6 Å². The SMILES string of the molecule is CCc1ccc(Cl)c(/C=C/c2ccc3c(c2)OCC32CCN(CCC(=O)O)CC2)c1Cl. The van der Waals surface area contributed by atoms with Crippen LogP contribution >= 0.6 is 23.2 Å². The maximum atomic E-state index is 10.8. The second-order valence-electron chi connectivity index (χ2n) is 8.43. The summed E-state index contributed by atoms with van der Waals surface area (Å²) < 4.78 is 6.10. The minimum atomic E-state index is -0.737. The number of ether oxygens (including phenoxy) is 1. The minimum Gasteiger partial charge on any atom is -0.492 e. The van der Waals surface area contributed by atoms with E-state index >= 15 is 0 Å². The van der Waals surface area contributed by atoms with E-state index in [0.29, 0.717) is 23.2 Å². The predicted octanol–water partition coefficient (Wildman–Crippen LogP) is 5.93. The molecule has 0 aliphatic carbocycles. The Morgan fingerprint density at radius 1 is 1.19 bits per heavy atom. The number of piperidine rings is 1. The molecule has 4 rings (SSSR count). The lowest BCUT2D eigenvalue weighted by Crippen LogP contribution is -2.44. The number of rotatable bonds is 6. The molecule has 1 N–H and O–H groups in total. The van der Waals surface area contributed by atoms with Gasteiger partial charge in [0.15, 0.2) is 0 Å². The van der Waals surface area contributed by atoms with Gasteiger partial charge < -0.3 is 14.7 Å². The van der Waals surface area contributed by atoms with Crippen molar-refractivity contribution in [2.24, 2.45) is 0 Å². The van der Waals surface area contributed by atoms with Gasteiger partial charge in [0.2, 0.25) is 0 Å². The van der Waals surface area contributed by atoms with Gasteiger partial charge in [-0.25, -0.2) is 0 Å². The fourth-order valence-corrected chi connectivity index (χ4v) is 5.22. The zero-order valence-corrected chi connectivity index (χ0v) is 19.2. The van der Waals surface area contributed by atoms with Crippen LogP contribution in [0.15, 0.2) is 30.3 Å². The Labute approximate surface area is 193 Å². The van der Waals surface area contributed by atoms with E-state index in [0.717, 1.165) is 54.8 Å². The smallest absolute Gasteiger partial charge is 0.304 e. The highest BCUT2D eigenvalue weighted by atomic mass is 35.5. The standard InChI is InChI=1S/C25H27Cl2NO3/c1-2-18-5-8-21(26)19(24(18)27)6-3-17-4-7-20-22(15-17)31-16-25(20)10-13-28(14-11-25)12-9-23(29)30/h3-8,15H,2,9-14,16H2,1H3,(H,29,30)/b6-3+. The van der Waals surface area contributed by atoms with E-state index < -0.39 is 5.97 Å². The molecule has 0 bridgehead atoms. The summed E-state index contributed by atoms with van der Waals surface area (Å²) in [6.45, 7) is 5.20. The third kappa shape index (κ3) is 4.62. The van der Waals surface area contributed by atoms with Gasteiger partial charge in [-0.05, 0) is 55.6 Å². The summed E-state index contributed by atoms with van der Waals surface area (Å²) in [5, 5.41) is 10.3. The first-order valence-corrected chi connectivity index (χ1v) is 11.5. The van der Waals surface area contributed by atoms with Gasteiger partial charge in [0.25, 0.3) is 0 Å². The highest BCUT2D eigenvalue weighted by Crippen LogP contribution is 2.46. The molecule has 6 heteroatoms. The molecule has 0 radical (unpaired) electrons. The number of fused-ring (bicyclic) bond motifs is 2. The van der Waals surface area contributed by atoms with Gasteiger partial charge in [-0.1, -0.05) is 60.5 Å². The Hall–Kier alpha value is -2.01. The normalized spacial score (nSPS) is 17.8. The molecule has 0 saturated carbocycles. The topological polar surface area (TPSA) is 49.8 Å². The van der Waals surface area contributed by atoms with Crippen LogP contribution in [-0.2, 0) is 16.6 Å². The molecule has 0 unspecified atom stereocenters. The number of aliphatic carboxylic acids is 1. The molecule has 1 saturated heterocycles. The molecule has 0 aromatic heterocycles. The lowest BCUT2D eigenvalue weighted by Gasteiger charge is -2.38. The monoisotopic (exact) mass is 459 g/mol. The molecule has 1 spiro atoms. The summed E-state index contributed by atoms with van der Waals surface area (Å²) in [7, 11) is 0. The first kappa shape index (κ1) is 22.2. The molecule has 2 aliphatic rings.